The van der Waals surface area contributed by atoms with E-state index in [1.165, 1.54) is 43.3 Å². The van der Waals surface area contributed by atoms with Crippen molar-refractivity contribution in [3.05, 3.63) is 47.6 Å². The van der Waals surface area contributed by atoms with Gasteiger partial charge in [-0.25, -0.2) is 0 Å². The summed E-state index contributed by atoms with van der Waals surface area (Å²) in [6.07, 6.45) is 15.4. The summed E-state index contributed by atoms with van der Waals surface area (Å²) < 4.78 is 0. The highest BCUT2D eigenvalue weighted by Crippen LogP contribution is 2.49. The van der Waals surface area contributed by atoms with Crippen molar-refractivity contribution >= 4 is 0 Å². The minimum Gasteiger partial charge on any atom is -0.0988 e. The van der Waals surface area contributed by atoms with Crippen LogP contribution in [0.25, 0.3) is 0 Å². The smallest absolute Gasteiger partial charge is 0.0301 e. The van der Waals surface area contributed by atoms with Crippen molar-refractivity contribution in [2.45, 2.75) is 39.0 Å². The van der Waals surface area contributed by atoms with E-state index in [1.807, 2.05) is 0 Å². The predicted molar refractivity (Wildman–Crippen MR) is 66.7 cm³/mol. The minimum absolute atomic E-state index is 0.644. The molecule has 0 aliphatic heterocycles. The lowest BCUT2D eigenvalue weighted by Crippen LogP contribution is -1.92. The van der Waals surface area contributed by atoms with Gasteiger partial charge in [-0.1, -0.05) is 49.8 Å². The molecule has 0 nitrogen and oxygen atoms in total. The monoisotopic (exact) mass is 200 g/mol. The molecule has 0 N–H and O–H groups in total. The van der Waals surface area contributed by atoms with Crippen LogP contribution in [0.5, 0.6) is 0 Å². The van der Waals surface area contributed by atoms with E-state index in [9.17, 15) is 0 Å². The third-order valence-electron chi connectivity index (χ3n) is 3.32. The fourth-order valence-electron chi connectivity index (χ4n) is 2.42. The summed E-state index contributed by atoms with van der Waals surface area (Å²) in [5.41, 5.74) is 4.66. The number of hydrogen-bond donors (Lipinski definition) is 0. The number of rotatable bonds is 5. The first-order valence-electron chi connectivity index (χ1n) is 6.10. The van der Waals surface area contributed by atoms with Crippen molar-refractivity contribution in [3.8, 4) is 0 Å². The van der Waals surface area contributed by atoms with Crippen molar-refractivity contribution in [3.63, 3.8) is 0 Å². The SMILES string of the molecule is C=CC1=C(CCCC)C1C1=CCCC=C1. The Labute approximate surface area is 93.1 Å². The topological polar surface area (TPSA) is 0 Å². The highest BCUT2D eigenvalue weighted by molar-refractivity contribution is 5.57. The van der Waals surface area contributed by atoms with Gasteiger partial charge in [0.2, 0.25) is 0 Å². The number of hydrogen-bond acceptors (Lipinski definition) is 0. The van der Waals surface area contributed by atoms with Gasteiger partial charge in [0.05, 0.1) is 0 Å². The first-order valence-corrected chi connectivity index (χ1v) is 6.10. The lowest BCUT2D eigenvalue weighted by molar-refractivity contribution is 0.781. The van der Waals surface area contributed by atoms with Gasteiger partial charge in [0.1, 0.15) is 0 Å². The lowest BCUT2D eigenvalue weighted by atomic mass is 9.98. The molecular weight excluding hydrogens is 180 g/mol. The molecule has 0 aromatic rings. The Morgan fingerprint density at radius 1 is 1.47 bits per heavy atom. The van der Waals surface area contributed by atoms with Gasteiger partial charge in [-0.2, -0.15) is 0 Å². The van der Waals surface area contributed by atoms with Crippen molar-refractivity contribution in [2.75, 3.05) is 0 Å². The second-order valence-electron chi connectivity index (χ2n) is 4.41. The molecule has 15 heavy (non-hydrogen) atoms. The van der Waals surface area contributed by atoms with Gasteiger partial charge in [0, 0.05) is 5.92 Å². The fraction of sp³-hybridized carbons (Fsp3) is 0.467. The summed E-state index contributed by atoms with van der Waals surface area (Å²) in [6.45, 7) is 6.17. The highest BCUT2D eigenvalue weighted by atomic mass is 14.4. The van der Waals surface area contributed by atoms with E-state index in [-0.39, 0.29) is 0 Å². The summed E-state index contributed by atoms with van der Waals surface area (Å²) >= 11 is 0. The van der Waals surface area contributed by atoms with Gasteiger partial charge in [-0.05, 0) is 36.8 Å². The summed E-state index contributed by atoms with van der Waals surface area (Å²) in [6, 6.07) is 0. The van der Waals surface area contributed by atoms with Crippen LogP contribution in [0.15, 0.2) is 47.6 Å². The van der Waals surface area contributed by atoms with Crippen LogP contribution in [0, 0.1) is 5.92 Å². The minimum atomic E-state index is 0.644. The highest BCUT2D eigenvalue weighted by Gasteiger charge is 2.35. The van der Waals surface area contributed by atoms with Crippen molar-refractivity contribution in [2.24, 2.45) is 5.92 Å². The zero-order valence-corrected chi connectivity index (χ0v) is 9.63. The Hall–Kier alpha value is -1.04. The summed E-state index contributed by atoms with van der Waals surface area (Å²) in [7, 11) is 0. The van der Waals surface area contributed by atoms with E-state index in [0.717, 1.165) is 0 Å². The molecule has 0 saturated heterocycles. The van der Waals surface area contributed by atoms with Crippen LogP contribution in [-0.2, 0) is 0 Å². The average molecular weight is 200 g/mol. The molecule has 0 aromatic heterocycles. The van der Waals surface area contributed by atoms with Gasteiger partial charge in [-0.3, -0.25) is 0 Å². The van der Waals surface area contributed by atoms with Crippen LogP contribution < -0.4 is 0 Å². The Morgan fingerprint density at radius 3 is 2.93 bits per heavy atom. The molecule has 0 fully saturated rings. The third-order valence-corrected chi connectivity index (χ3v) is 3.32. The van der Waals surface area contributed by atoms with Gasteiger partial charge >= 0.3 is 0 Å². The first-order chi connectivity index (χ1) is 7.38. The lowest BCUT2D eigenvalue weighted by Gasteiger charge is -2.07. The Balaban J connectivity index is 1.99. The maximum absolute atomic E-state index is 3.92. The molecule has 0 heterocycles. The van der Waals surface area contributed by atoms with Gasteiger partial charge in [0.25, 0.3) is 0 Å². The van der Waals surface area contributed by atoms with E-state index >= 15 is 0 Å². The van der Waals surface area contributed by atoms with Crippen molar-refractivity contribution in [1.29, 1.82) is 0 Å². The molecule has 1 unspecified atom stereocenters. The van der Waals surface area contributed by atoms with Gasteiger partial charge in [-0.15, -0.1) is 0 Å². The molecule has 0 amide bonds. The average Bonchev–Trinajstić information content (AvgIpc) is 3.00. The summed E-state index contributed by atoms with van der Waals surface area (Å²) in [4.78, 5) is 0. The van der Waals surface area contributed by atoms with E-state index in [1.54, 1.807) is 5.57 Å². The van der Waals surface area contributed by atoms with E-state index < -0.39 is 0 Å². The van der Waals surface area contributed by atoms with E-state index in [2.05, 4.69) is 37.8 Å². The van der Waals surface area contributed by atoms with Crippen LogP contribution in [-0.4, -0.2) is 0 Å². The molecule has 80 valence electrons. The van der Waals surface area contributed by atoms with Gasteiger partial charge in [0.15, 0.2) is 0 Å². The van der Waals surface area contributed by atoms with Crippen molar-refractivity contribution < 1.29 is 0 Å². The fourth-order valence-corrected chi connectivity index (χ4v) is 2.42. The molecule has 1 atom stereocenters. The normalized spacial score (nSPS) is 24.1. The second kappa shape index (κ2) is 4.65. The molecule has 2 rings (SSSR count). The quantitative estimate of drug-likeness (QED) is 0.610. The van der Waals surface area contributed by atoms with E-state index in [4.69, 9.17) is 0 Å². The Bertz CT molecular complexity index is 339. The molecule has 0 saturated carbocycles. The second-order valence-corrected chi connectivity index (χ2v) is 4.41. The zero-order chi connectivity index (χ0) is 10.7. The Morgan fingerprint density at radius 2 is 2.33 bits per heavy atom. The third kappa shape index (κ3) is 2.14. The molecule has 0 spiro atoms. The van der Waals surface area contributed by atoms with Crippen LogP contribution in [0.1, 0.15) is 39.0 Å². The van der Waals surface area contributed by atoms with Crippen LogP contribution in [0.3, 0.4) is 0 Å². The van der Waals surface area contributed by atoms with Crippen LogP contribution in [0.2, 0.25) is 0 Å². The first kappa shape index (κ1) is 10.5. The molecule has 0 aromatic carbocycles. The molecule has 2 aliphatic carbocycles. The molecular formula is C15H20. The number of unbranched alkanes of at least 4 members (excludes halogenated alkanes) is 1. The Kier molecular flexibility index (Phi) is 3.25. The summed E-state index contributed by atoms with van der Waals surface area (Å²) in [5, 5.41) is 0. The maximum Gasteiger partial charge on any atom is 0.0301 e. The van der Waals surface area contributed by atoms with E-state index in [0.29, 0.717) is 5.92 Å². The standard InChI is InChI=1S/C15H20/c1-3-5-11-14-13(4-2)15(14)12-9-7-6-8-10-12/h4,7,9-10,15H,2-3,5-6,8,11H2,1H3. The molecule has 0 radical (unpaired) electrons. The molecule has 0 bridgehead atoms. The largest absolute Gasteiger partial charge is 0.0988 e. The molecule has 0 heteroatoms. The van der Waals surface area contributed by atoms with Gasteiger partial charge < -0.3 is 0 Å². The predicted octanol–water partition coefficient (Wildman–Crippen LogP) is 4.57. The number of allylic oxidation sites excluding steroid dienone is 7. The maximum atomic E-state index is 3.92. The van der Waals surface area contributed by atoms with Crippen LogP contribution in [0.4, 0.5) is 0 Å². The zero-order valence-electron chi connectivity index (χ0n) is 9.63. The van der Waals surface area contributed by atoms with Crippen molar-refractivity contribution in [1.82, 2.24) is 0 Å². The van der Waals surface area contributed by atoms with Crippen LogP contribution >= 0.6 is 0 Å². The summed E-state index contributed by atoms with van der Waals surface area (Å²) in [5.74, 6) is 0.644. The molecule has 2 aliphatic rings.